The molecule has 1 heterocycles. The van der Waals surface area contributed by atoms with Crippen LogP contribution in [0.1, 0.15) is 54.5 Å². The molecule has 0 unspecified atom stereocenters. The molecule has 35 rings (SSSR count). The second kappa shape index (κ2) is 6.85. The Hall–Kier alpha value is -9.11. The van der Waals surface area contributed by atoms with Crippen LogP contribution in [-0.4, -0.2) is 10.7 Å². The van der Waals surface area contributed by atoms with Gasteiger partial charge in [-0.2, -0.15) is 0 Å². The molecule has 1 aliphatic heterocycles. The lowest BCUT2D eigenvalue weighted by Gasteiger charge is -2.55. The minimum absolute atomic E-state index is 0.175. The Bertz CT molecular complexity index is 7610. The second-order valence-electron chi connectivity index (χ2n) is 29.0. The van der Waals surface area contributed by atoms with Crippen LogP contribution in [0.25, 0.3) is 291 Å². The first-order valence-corrected chi connectivity index (χ1v) is 28.9. The van der Waals surface area contributed by atoms with Gasteiger partial charge in [0.15, 0.2) is 5.78 Å². The van der Waals surface area contributed by atoms with Crippen molar-refractivity contribution in [3.63, 3.8) is 0 Å². The molecule has 29 aromatic rings. The Morgan fingerprint density at radius 2 is 0.545 bits per heavy atom. The van der Waals surface area contributed by atoms with Gasteiger partial charge in [0.2, 0.25) is 0 Å². The molecule has 5 aliphatic carbocycles. The van der Waals surface area contributed by atoms with Gasteiger partial charge in [-0.1, -0.05) is 44.2 Å². The van der Waals surface area contributed by atoms with Crippen LogP contribution in [0, 0.1) is 5.41 Å². The van der Waals surface area contributed by atoms with E-state index in [9.17, 15) is 0 Å². The first-order chi connectivity index (χ1) is 38.0. The van der Waals surface area contributed by atoms with Crippen molar-refractivity contribution in [2.75, 3.05) is 0 Å². The number of carbonyl (C=O) groups excluding carboxylic acids is 1. The van der Waals surface area contributed by atoms with Gasteiger partial charge in [-0.3, -0.25) is 4.79 Å². The van der Waals surface area contributed by atoms with E-state index >= 15 is 4.79 Å². The summed E-state index contributed by atoms with van der Waals surface area (Å²) in [7, 11) is 0. The van der Waals surface area contributed by atoms with Gasteiger partial charge in [0.05, 0.1) is 5.41 Å². The summed E-state index contributed by atoms with van der Waals surface area (Å²) in [6.07, 6.45) is 1.50. The molecule has 328 valence electrons. The summed E-state index contributed by atoms with van der Waals surface area (Å²) in [4.78, 5) is 20.0. The van der Waals surface area contributed by atoms with Crippen molar-refractivity contribution in [3.8, 4) is 0 Å². The van der Waals surface area contributed by atoms with Crippen LogP contribution in [0.5, 0.6) is 0 Å². The summed E-state index contributed by atoms with van der Waals surface area (Å²) in [5.74, 6) is 0.420. The highest BCUT2D eigenvalue weighted by atomic mass is 16.1. The third kappa shape index (κ3) is 1.68. The van der Waals surface area contributed by atoms with Crippen molar-refractivity contribution in [2.24, 2.45) is 5.41 Å². The molecular formula is C75H17NO. The average Bonchev–Trinajstić information content (AvgIpc) is 1.88. The zero-order valence-corrected chi connectivity index (χ0v) is 40.4. The van der Waals surface area contributed by atoms with Gasteiger partial charge in [-0.15, -0.1) is 0 Å². The van der Waals surface area contributed by atoms with E-state index in [0.717, 1.165) is 13.0 Å². The van der Waals surface area contributed by atoms with Gasteiger partial charge >= 0.3 is 0 Å². The minimum Gasteiger partial charge on any atom is -0.355 e. The molecule has 2 heteroatoms. The molecule has 2 nitrogen and oxygen atoms in total. The van der Waals surface area contributed by atoms with Crippen LogP contribution in [-0.2, 0) is 22.3 Å². The highest BCUT2D eigenvalue weighted by molar-refractivity contribution is 6.82. The maximum Gasteiger partial charge on any atom is 0.162 e. The Balaban J connectivity index is 1.10. The molecule has 0 saturated carbocycles. The first-order valence-electron chi connectivity index (χ1n) is 28.9. The lowest BCUT2D eigenvalue weighted by Crippen LogP contribution is -2.57. The van der Waals surface area contributed by atoms with Crippen molar-refractivity contribution in [1.29, 1.82) is 0 Å². The Labute approximate surface area is 423 Å². The average molecular weight is 948 g/mol. The maximum absolute atomic E-state index is 16.9. The Morgan fingerprint density at radius 3 is 0.805 bits per heavy atom. The lowest BCUT2D eigenvalue weighted by molar-refractivity contribution is -0.118. The third-order valence-electron chi connectivity index (χ3n) is 27.4. The Kier molecular flexibility index (Phi) is 2.66. The van der Waals surface area contributed by atoms with Gasteiger partial charge in [0.25, 0.3) is 0 Å². The predicted octanol–water partition coefficient (Wildman–Crippen LogP) is 19.4. The Morgan fingerprint density at radius 1 is 0.312 bits per heavy atom. The molecule has 0 N–H and O–H groups in total. The van der Waals surface area contributed by atoms with Gasteiger partial charge in [0.1, 0.15) is 5.54 Å². The minimum atomic E-state index is -0.712. The predicted molar refractivity (Wildman–Crippen MR) is 321 cm³/mol. The van der Waals surface area contributed by atoms with Crippen LogP contribution in [0.3, 0.4) is 0 Å². The van der Waals surface area contributed by atoms with Gasteiger partial charge in [-0.05, 0) is 319 Å². The monoisotopic (exact) mass is 947 g/mol. The van der Waals surface area contributed by atoms with E-state index in [-0.39, 0.29) is 5.41 Å². The molecule has 0 fully saturated rings. The zero-order chi connectivity index (χ0) is 46.5. The highest BCUT2D eigenvalue weighted by Gasteiger charge is 2.77. The van der Waals surface area contributed by atoms with E-state index in [1.54, 1.807) is 313 Å². The van der Waals surface area contributed by atoms with Crippen molar-refractivity contribution >= 4 is 297 Å². The molecular weight excluding hydrogens is 931 g/mol. The topological polar surface area (TPSA) is 20.3 Å². The standard InChI is InChI=1S/C75H17NO/c1-73(2)8-12-68(13(77)9-73)74-69-60-52-42-32-24-16-14-15-18-22-20(16)28-36-30(22)40-34-26(18)27-19(15)23-21-17(14)25(24)33-39-29(21)37-31(23)41-35(27)45-44(34)56-50(40)58-48(36)54(46(52)38(28)32)62(69)64(58)71-66(56)67-57(45)51(41)59-49(37)55-47(39)53(43(33)42)61(60)70(74)63(55)65(59)72(67)75(71,74)76(12)10-11-6-4-3-5-7-11/h3-7H,8-10H2,1-2H3. The summed E-state index contributed by atoms with van der Waals surface area (Å²) in [6.45, 7) is 5.61. The van der Waals surface area contributed by atoms with E-state index in [0.29, 0.717) is 12.2 Å². The fourth-order valence-electron chi connectivity index (χ4n) is 27.2. The molecule has 77 heavy (non-hydrogen) atoms. The largest absolute Gasteiger partial charge is 0.355 e. The fourth-order valence-corrected chi connectivity index (χ4v) is 27.2. The summed E-state index contributed by atoms with van der Waals surface area (Å²) >= 11 is 0. The van der Waals surface area contributed by atoms with E-state index in [4.69, 9.17) is 0 Å². The summed E-state index contributed by atoms with van der Waals surface area (Å²) in [5, 5.41) is 86.7. The SMILES string of the molecule is CC1(C)CC(=O)C2=C(C1)N(Cc1ccccc1)C13c4c5c6c7c8c9c(c%10c%11c1c1c4c4c%12c5c5c6c6c8c8c%13c9c9c%10c%10c%11c%11c1c1c4c4c%12c%12c5c5c6c8c6c8c%13c9c9c%10c%10c%11c1c1c4c4c%12c5c6c5c8c9c%10c1c45)C273. The first kappa shape index (κ1) is 29.8. The summed E-state index contributed by atoms with van der Waals surface area (Å²) < 4.78 is 0. The molecule has 6 aliphatic rings. The fraction of sp³-hybridized carbons (Fsp3) is 0.107. The van der Waals surface area contributed by atoms with Gasteiger partial charge < -0.3 is 4.90 Å². The van der Waals surface area contributed by atoms with Crippen LogP contribution in [0.15, 0.2) is 41.6 Å². The molecule has 0 aromatic heterocycles. The molecule has 2 spiro atoms. The molecule has 0 bridgehead atoms. The molecule has 0 radical (unpaired) electrons. The van der Waals surface area contributed by atoms with Gasteiger partial charge in [0, 0.05) is 35.4 Å². The summed E-state index contributed by atoms with van der Waals surface area (Å²) in [6, 6.07) is 11.6. The van der Waals surface area contributed by atoms with E-state index in [1.165, 1.54) is 16.8 Å². The number of hydrogen-bond donors (Lipinski definition) is 0. The van der Waals surface area contributed by atoms with Crippen LogP contribution >= 0.6 is 0 Å². The number of nitrogens with zero attached hydrogens (tertiary/aromatic N) is 1. The third-order valence-corrected chi connectivity index (χ3v) is 27.4. The quantitative estimate of drug-likeness (QED) is 0.161. The number of carbonyl (C=O) groups is 1. The van der Waals surface area contributed by atoms with Crippen molar-refractivity contribution in [2.45, 2.75) is 44.2 Å². The smallest absolute Gasteiger partial charge is 0.162 e. The molecule has 0 saturated heterocycles. The zero-order valence-electron chi connectivity index (χ0n) is 40.4. The second-order valence-corrected chi connectivity index (χ2v) is 29.0. The number of allylic oxidation sites excluding steroid dienone is 1. The van der Waals surface area contributed by atoms with E-state index in [2.05, 4.69) is 49.1 Å². The maximum atomic E-state index is 16.9. The molecule has 0 amide bonds. The lowest BCUT2D eigenvalue weighted by atomic mass is 9.50. The number of rotatable bonds is 2. The highest BCUT2D eigenvalue weighted by Crippen LogP contribution is 2.87. The molecule has 29 aromatic carbocycles. The van der Waals surface area contributed by atoms with Crippen molar-refractivity contribution < 1.29 is 4.79 Å². The van der Waals surface area contributed by atoms with E-state index in [1.807, 2.05) is 0 Å². The summed E-state index contributed by atoms with van der Waals surface area (Å²) in [5.41, 5.74) is 8.74. The number of Topliss-reactive ketones (excluding diaryl/α,β-unsaturated/α-hetero) is 1. The van der Waals surface area contributed by atoms with Crippen LogP contribution in [0.2, 0.25) is 0 Å². The van der Waals surface area contributed by atoms with E-state index < -0.39 is 11.0 Å². The molecule has 0 atom stereocenters. The van der Waals surface area contributed by atoms with Crippen molar-refractivity contribution in [3.05, 3.63) is 69.4 Å². The van der Waals surface area contributed by atoms with Crippen LogP contribution in [0.4, 0.5) is 0 Å². The number of hydrogen-bond acceptors (Lipinski definition) is 2. The van der Waals surface area contributed by atoms with Crippen LogP contribution < -0.4 is 0 Å². The normalized spacial score (nSPS) is 23.3. The van der Waals surface area contributed by atoms with Gasteiger partial charge in [-0.25, -0.2) is 0 Å². The number of benzene rings is 19. The number of ketones is 1. The van der Waals surface area contributed by atoms with Crippen molar-refractivity contribution in [1.82, 2.24) is 4.90 Å².